The number of hydrogen-bond acceptors (Lipinski definition) is 2. The van der Waals surface area contributed by atoms with Gasteiger partial charge in [0, 0.05) is 10.1 Å². The van der Waals surface area contributed by atoms with Gasteiger partial charge in [0.15, 0.2) is 0 Å². The first-order chi connectivity index (χ1) is 7.16. The summed E-state index contributed by atoms with van der Waals surface area (Å²) in [7, 11) is -0.892. The van der Waals surface area contributed by atoms with Crippen LogP contribution in [0, 0.1) is 0 Å². The maximum atomic E-state index is 11.7. The van der Waals surface area contributed by atoms with Crippen molar-refractivity contribution in [2.45, 2.75) is 29.4 Å². The van der Waals surface area contributed by atoms with Gasteiger partial charge >= 0.3 is 5.97 Å². The van der Waals surface area contributed by atoms with E-state index in [4.69, 9.17) is 5.11 Å². The van der Waals surface area contributed by atoms with Gasteiger partial charge in [0.25, 0.3) is 0 Å². The fourth-order valence-corrected chi connectivity index (χ4v) is 2.74. The number of benzene rings is 1. The number of aliphatic carboxylic acids is 1. The van der Waals surface area contributed by atoms with Crippen LogP contribution in [0.1, 0.15) is 18.4 Å². The van der Waals surface area contributed by atoms with Crippen molar-refractivity contribution in [2.24, 2.45) is 0 Å². The van der Waals surface area contributed by atoms with Crippen LogP contribution in [-0.4, -0.2) is 20.5 Å². The van der Waals surface area contributed by atoms with Gasteiger partial charge in [-0.3, -0.25) is 9.00 Å². The summed E-state index contributed by atoms with van der Waals surface area (Å²) in [5.74, 6) is -0.842. The third kappa shape index (κ3) is 2.65. The average molecular weight is 224 g/mol. The topological polar surface area (TPSA) is 54.4 Å². The molecular weight excluding hydrogens is 212 g/mol. The highest BCUT2D eigenvalue weighted by Gasteiger charge is 2.29. The maximum absolute atomic E-state index is 11.7. The highest BCUT2D eigenvalue weighted by molar-refractivity contribution is 7.86. The Morgan fingerprint density at radius 1 is 1.33 bits per heavy atom. The molecule has 15 heavy (non-hydrogen) atoms. The lowest BCUT2D eigenvalue weighted by Crippen LogP contribution is -2.01. The van der Waals surface area contributed by atoms with Gasteiger partial charge < -0.3 is 5.11 Å². The van der Waals surface area contributed by atoms with Gasteiger partial charge in [0.2, 0.25) is 0 Å². The zero-order valence-corrected chi connectivity index (χ0v) is 9.00. The van der Waals surface area contributed by atoms with E-state index in [1.54, 1.807) is 24.3 Å². The van der Waals surface area contributed by atoms with Crippen LogP contribution in [0.25, 0.3) is 0 Å². The Balaban J connectivity index is 2.09. The second-order valence-corrected chi connectivity index (χ2v) is 5.44. The van der Waals surface area contributed by atoms with E-state index in [1.165, 1.54) is 0 Å². The molecule has 0 saturated heterocycles. The number of hydrogen-bond donors (Lipinski definition) is 1. The van der Waals surface area contributed by atoms with Crippen molar-refractivity contribution in [3.05, 3.63) is 29.8 Å². The number of carboxylic acids is 1. The molecule has 1 aliphatic carbocycles. The van der Waals surface area contributed by atoms with Gasteiger partial charge in [-0.05, 0) is 30.5 Å². The minimum Gasteiger partial charge on any atom is -0.481 e. The maximum Gasteiger partial charge on any atom is 0.307 e. The Morgan fingerprint density at radius 3 is 2.40 bits per heavy atom. The van der Waals surface area contributed by atoms with Crippen LogP contribution >= 0.6 is 0 Å². The van der Waals surface area contributed by atoms with Gasteiger partial charge in [-0.25, -0.2) is 0 Å². The molecule has 1 atom stereocenters. The van der Waals surface area contributed by atoms with E-state index in [0.717, 1.165) is 23.3 Å². The van der Waals surface area contributed by atoms with E-state index < -0.39 is 16.8 Å². The fraction of sp³-hybridized carbons (Fsp3) is 0.364. The summed E-state index contributed by atoms with van der Waals surface area (Å²) in [5, 5.41) is 8.91. The molecule has 1 aromatic rings. The van der Waals surface area contributed by atoms with Gasteiger partial charge in [-0.2, -0.15) is 0 Å². The van der Waals surface area contributed by atoms with Gasteiger partial charge in [0.05, 0.1) is 17.2 Å². The van der Waals surface area contributed by atoms with E-state index in [2.05, 4.69) is 0 Å². The third-order valence-corrected chi connectivity index (χ3v) is 4.15. The quantitative estimate of drug-likeness (QED) is 0.844. The Bertz CT molecular complexity index is 393. The standard InChI is InChI=1S/C11H12O3S/c12-11(13)7-8-1-3-9(4-2-8)15(14)10-5-6-10/h1-4,10H,5-7H2,(H,12,13)/t15-/m1/s1. The van der Waals surface area contributed by atoms with Gasteiger partial charge in [-0.15, -0.1) is 0 Å². The highest BCUT2D eigenvalue weighted by Crippen LogP contribution is 2.30. The molecule has 0 radical (unpaired) electrons. The van der Waals surface area contributed by atoms with E-state index in [9.17, 15) is 9.00 Å². The van der Waals surface area contributed by atoms with Crippen LogP contribution in [0.15, 0.2) is 29.2 Å². The van der Waals surface area contributed by atoms with E-state index in [-0.39, 0.29) is 6.42 Å². The number of rotatable bonds is 4. The largest absolute Gasteiger partial charge is 0.481 e. The van der Waals surface area contributed by atoms with Crippen molar-refractivity contribution in [3.63, 3.8) is 0 Å². The second-order valence-electron chi connectivity index (χ2n) is 3.71. The SMILES string of the molecule is O=C(O)Cc1ccc([S@@](=O)C2CC2)cc1. The highest BCUT2D eigenvalue weighted by atomic mass is 32.2. The summed E-state index contributed by atoms with van der Waals surface area (Å²) in [6.45, 7) is 0. The van der Waals surface area contributed by atoms with Crippen molar-refractivity contribution < 1.29 is 14.1 Å². The molecule has 1 aromatic carbocycles. The molecule has 0 bridgehead atoms. The summed E-state index contributed by atoms with van der Waals surface area (Å²) in [4.78, 5) is 11.3. The van der Waals surface area contributed by atoms with Crippen LogP contribution < -0.4 is 0 Å². The van der Waals surface area contributed by atoms with Gasteiger partial charge in [-0.1, -0.05) is 12.1 Å². The van der Waals surface area contributed by atoms with E-state index in [0.29, 0.717) is 5.25 Å². The van der Waals surface area contributed by atoms with E-state index >= 15 is 0 Å². The number of carboxylic acid groups (broad SMARTS) is 1. The molecule has 0 unspecified atom stereocenters. The number of carbonyl (C=O) groups is 1. The van der Waals surface area contributed by atoms with Crippen LogP contribution in [0.2, 0.25) is 0 Å². The summed E-state index contributed by atoms with van der Waals surface area (Å²) >= 11 is 0. The lowest BCUT2D eigenvalue weighted by atomic mass is 10.2. The molecule has 0 aliphatic heterocycles. The molecule has 2 rings (SSSR count). The first kappa shape index (κ1) is 10.4. The summed E-state index contributed by atoms with van der Waals surface area (Å²) in [6, 6.07) is 7.02. The predicted octanol–water partition coefficient (Wildman–Crippen LogP) is 1.58. The first-order valence-electron chi connectivity index (χ1n) is 4.88. The zero-order chi connectivity index (χ0) is 10.8. The average Bonchev–Trinajstić information content (AvgIpc) is 3.00. The molecule has 1 aliphatic rings. The van der Waals surface area contributed by atoms with Crippen molar-refractivity contribution in [2.75, 3.05) is 0 Å². The lowest BCUT2D eigenvalue weighted by Gasteiger charge is -2.01. The molecule has 0 aromatic heterocycles. The molecule has 4 heteroatoms. The van der Waals surface area contributed by atoms with Crippen LogP contribution in [0.4, 0.5) is 0 Å². The van der Waals surface area contributed by atoms with Crippen molar-refractivity contribution in [1.29, 1.82) is 0 Å². The normalized spacial score (nSPS) is 17.3. The summed E-state index contributed by atoms with van der Waals surface area (Å²) < 4.78 is 11.7. The molecular formula is C11H12O3S. The summed E-state index contributed by atoms with van der Waals surface area (Å²) in [6.07, 6.45) is 2.11. The smallest absolute Gasteiger partial charge is 0.307 e. The molecule has 0 heterocycles. The van der Waals surface area contributed by atoms with E-state index in [1.807, 2.05) is 0 Å². The molecule has 1 fully saturated rings. The second kappa shape index (κ2) is 4.14. The molecule has 1 N–H and O–H groups in total. The Hall–Kier alpha value is -1.16. The Kier molecular flexibility index (Phi) is 2.86. The minimum atomic E-state index is -0.892. The third-order valence-electron chi connectivity index (χ3n) is 2.34. The van der Waals surface area contributed by atoms with Crippen molar-refractivity contribution >= 4 is 16.8 Å². The lowest BCUT2D eigenvalue weighted by molar-refractivity contribution is -0.136. The predicted molar refractivity (Wildman–Crippen MR) is 57.2 cm³/mol. The monoisotopic (exact) mass is 224 g/mol. The molecule has 0 spiro atoms. The molecule has 80 valence electrons. The Morgan fingerprint density at radius 2 is 1.93 bits per heavy atom. The zero-order valence-electron chi connectivity index (χ0n) is 8.18. The molecule has 1 saturated carbocycles. The van der Waals surface area contributed by atoms with Crippen LogP contribution in [-0.2, 0) is 22.0 Å². The first-order valence-corrected chi connectivity index (χ1v) is 6.09. The van der Waals surface area contributed by atoms with Gasteiger partial charge in [0.1, 0.15) is 0 Å². The molecule has 0 amide bonds. The van der Waals surface area contributed by atoms with Crippen LogP contribution in [0.5, 0.6) is 0 Å². The molecule has 3 nitrogen and oxygen atoms in total. The van der Waals surface area contributed by atoms with Crippen molar-refractivity contribution in [1.82, 2.24) is 0 Å². The van der Waals surface area contributed by atoms with Crippen LogP contribution in [0.3, 0.4) is 0 Å². The minimum absolute atomic E-state index is 0.0242. The van der Waals surface area contributed by atoms with Crippen molar-refractivity contribution in [3.8, 4) is 0 Å². The fourth-order valence-electron chi connectivity index (χ4n) is 1.39. The Labute approximate surface area is 90.6 Å². The summed E-state index contributed by atoms with van der Waals surface area (Å²) in [5.41, 5.74) is 0.749.